The molecule has 120 valence electrons. The number of rotatable bonds is 4. The van der Waals surface area contributed by atoms with E-state index < -0.39 is 35.9 Å². The normalized spacial score (nSPS) is 20.9. The molecule has 0 bridgehead atoms. The average Bonchev–Trinajstić information content (AvgIpc) is 2.59. The van der Waals surface area contributed by atoms with Crippen LogP contribution in [-0.2, 0) is 14.1 Å². The van der Waals surface area contributed by atoms with Crippen LogP contribution >= 0.6 is 15.9 Å². The van der Waals surface area contributed by atoms with Crippen molar-refractivity contribution in [2.75, 3.05) is 0 Å². The van der Waals surface area contributed by atoms with Crippen LogP contribution in [0.3, 0.4) is 0 Å². The first-order valence-corrected chi connectivity index (χ1v) is 7.86. The van der Waals surface area contributed by atoms with Gasteiger partial charge in [-0.25, -0.2) is 4.39 Å². The molecule has 1 saturated heterocycles. The fourth-order valence-corrected chi connectivity index (χ4v) is 2.78. The third kappa shape index (κ3) is 3.21. The SMILES string of the molecule is CC1(C)OB(C(CC(=O)O)c2cccc(Br)c2F)OC1(C)C. The second-order valence-corrected chi connectivity index (χ2v) is 7.33. The van der Waals surface area contributed by atoms with E-state index >= 15 is 0 Å². The molecule has 1 aromatic rings. The summed E-state index contributed by atoms with van der Waals surface area (Å²) in [6.45, 7) is 7.51. The maximum absolute atomic E-state index is 14.4. The summed E-state index contributed by atoms with van der Waals surface area (Å²) in [5.74, 6) is -2.24. The quantitative estimate of drug-likeness (QED) is 0.817. The van der Waals surface area contributed by atoms with Crippen LogP contribution in [0.5, 0.6) is 0 Å². The molecule has 1 aliphatic rings. The van der Waals surface area contributed by atoms with Crippen molar-refractivity contribution in [2.24, 2.45) is 0 Å². The maximum Gasteiger partial charge on any atom is 0.466 e. The zero-order chi connectivity index (χ0) is 16.7. The number of hydrogen-bond acceptors (Lipinski definition) is 3. The van der Waals surface area contributed by atoms with E-state index in [0.717, 1.165) is 0 Å². The lowest BCUT2D eigenvalue weighted by Gasteiger charge is -2.32. The summed E-state index contributed by atoms with van der Waals surface area (Å²) < 4.78 is 26.5. The van der Waals surface area contributed by atoms with Crippen molar-refractivity contribution in [2.45, 2.75) is 51.1 Å². The number of hydrogen-bond donors (Lipinski definition) is 1. The van der Waals surface area contributed by atoms with E-state index in [2.05, 4.69) is 15.9 Å². The number of carboxylic acids is 1. The molecule has 1 unspecified atom stereocenters. The first kappa shape index (κ1) is 17.4. The molecule has 0 saturated carbocycles. The third-order valence-electron chi connectivity index (χ3n) is 4.38. The van der Waals surface area contributed by atoms with Crippen molar-refractivity contribution in [1.82, 2.24) is 0 Å². The smallest absolute Gasteiger partial charge is 0.466 e. The van der Waals surface area contributed by atoms with E-state index in [1.54, 1.807) is 18.2 Å². The number of carbonyl (C=O) groups is 1. The van der Waals surface area contributed by atoms with Gasteiger partial charge in [0.2, 0.25) is 0 Å². The van der Waals surface area contributed by atoms with Crippen LogP contribution in [0.2, 0.25) is 0 Å². The maximum atomic E-state index is 14.4. The van der Waals surface area contributed by atoms with E-state index in [-0.39, 0.29) is 16.5 Å². The van der Waals surface area contributed by atoms with Gasteiger partial charge in [-0.3, -0.25) is 4.79 Å². The summed E-state index contributed by atoms with van der Waals surface area (Å²) in [4.78, 5) is 11.2. The van der Waals surface area contributed by atoms with Gasteiger partial charge in [-0.15, -0.1) is 0 Å². The van der Waals surface area contributed by atoms with Crippen LogP contribution in [-0.4, -0.2) is 29.4 Å². The molecule has 0 aromatic heterocycles. The molecule has 1 aliphatic heterocycles. The van der Waals surface area contributed by atoms with E-state index in [0.29, 0.717) is 0 Å². The van der Waals surface area contributed by atoms with Crippen molar-refractivity contribution in [3.8, 4) is 0 Å². The van der Waals surface area contributed by atoms with Gasteiger partial charge in [0, 0.05) is 5.82 Å². The second-order valence-electron chi connectivity index (χ2n) is 6.47. The van der Waals surface area contributed by atoms with Crippen molar-refractivity contribution in [3.05, 3.63) is 34.1 Å². The number of carboxylic acid groups (broad SMARTS) is 1. The molecule has 1 aromatic carbocycles. The largest absolute Gasteiger partial charge is 0.481 e. The highest BCUT2D eigenvalue weighted by molar-refractivity contribution is 9.10. The zero-order valence-corrected chi connectivity index (χ0v) is 14.6. The summed E-state index contributed by atoms with van der Waals surface area (Å²) in [5.41, 5.74) is -0.927. The zero-order valence-electron chi connectivity index (χ0n) is 13.0. The Morgan fingerprint density at radius 2 is 1.86 bits per heavy atom. The van der Waals surface area contributed by atoms with Gasteiger partial charge in [-0.05, 0) is 55.3 Å². The second kappa shape index (κ2) is 5.94. The monoisotopic (exact) mass is 372 g/mol. The highest BCUT2D eigenvalue weighted by Gasteiger charge is 2.54. The average molecular weight is 373 g/mol. The summed E-state index contributed by atoms with van der Waals surface area (Å²) in [7, 11) is -0.815. The molecule has 1 fully saturated rings. The Hall–Kier alpha value is -0.915. The molecule has 0 aliphatic carbocycles. The van der Waals surface area contributed by atoms with Crippen LogP contribution in [0.25, 0.3) is 0 Å². The number of halogens is 2. The minimum absolute atomic E-state index is 0.273. The van der Waals surface area contributed by atoms with Crippen LogP contribution < -0.4 is 0 Å². The molecule has 1 atom stereocenters. The van der Waals surface area contributed by atoms with Crippen LogP contribution in [0.15, 0.2) is 22.7 Å². The van der Waals surface area contributed by atoms with Crippen molar-refractivity contribution in [1.29, 1.82) is 0 Å². The predicted octanol–water partition coefficient (Wildman–Crippen LogP) is 3.78. The first-order valence-electron chi connectivity index (χ1n) is 7.06. The Morgan fingerprint density at radius 1 is 1.32 bits per heavy atom. The summed E-state index contributed by atoms with van der Waals surface area (Å²) in [6.07, 6.45) is -0.274. The highest BCUT2D eigenvalue weighted by atomic mass is 79.9. The molecule has 1 heterocycles. The Balaban J connectivity index is 2.40. The molecule has 0 radical (unpaired) electrons. The lowest BCUT2D eigenvalue weighted by Crippen LogP contribution is -2.41. The van der Waals surface area contributed by atoms with Gasteiger partial charge < -0.3 is 14.4 Å². The Morgan fingerprint density at radius 3 is 2.36 bits per heavy atom. The predicted molar refractivity (Wildman–Crippen MR) is 85.2 cm³/mol. The van der Waals surface area contributed by atoms with Crippen LogP contribution in [0, 0.1) is 5.82 Å². The summed E-state index contributed by atoms with van der Waals surface area (Å²) in [6, 6.07) is 4.81. The molecular formula is C15H19BBrFO4. The fraction of sp³-hybridized carbons (Fsp3) is 0.533. The molecular weight excluding hydrogens is 354 g/mol. The molecule has 1 N–H and O–H groups in total. The third-order valence-corrected chi connectivity index (χ3v) is 4.99. The van der Waals surface area contributed by atoms with Gasteiger partial charge in [-0.2, -0.15) is 0 Å². The Kier molecular flexibility index (Phi) is 4.71. The molecule has 22 heavy (non-hydrogen) atoms. The van der Waals surface area contributed by atoms with E-state index in [1.165, 1.54) is 0 Å². The lowest BCUT2D eigenvalue weighted by molar-refractivity contribution is -0.137. The highest BCUT2D eigenvalue weighted by Crippen LogP contribution is 2.42. The minimum Gasteiger partial charge on any atom is -0.481 e. The van der Waals surface area contributed by atoms with Gasteiger partial charge in [0.25, 0.3) is 0 Å². The van der Waals surface area contributed by atoms with E-state index in [9.17, 15) is 14.3 Å². The van der Waals surface area contributed by atoms with Gasteiger partial charge >= 0.3 is 13.1 Å². The molecule has 7 heteroatoms. The lowest BCUT2D eigenvalue weighted by atomic mass is 9.66. The molecule has 4 nitrogen and oxygen atoms in total. The summed E-state index contributed by atoms with van der Waals surface area (Å²) in [5, 5.41) is 9.18. The fourth-order valence-electron chi connectivity index (χ4n) is 2.40. The van der Waals surface area contributed by atoms with E-state index in [4.69, 9.17) is 9.31 Å². The van der Waals surface area contributed by atoms with Gasteiger partial charge in [0.05, 0.1) is 22.1 Å². The molecule has 0 amide bonds. The van der Waals surface area contributed by atoms with Gasteiger partial charge in [0.1, 0.15) is 5.82 Å². The summed E-state index contributed by atoms with van der Waals surface area (Å²) >= 11 is 3.13. The van der Waals surface area contributed by atoms with Gasteiger partial charge in [-0.1, -0.05) is 12.1 Å². The van der Waals surface area contributed by atoms with Crippen molar-refractivity contribution < 1.29 is 23.6 Å². The van der Waals surface area contributed by atoms with Crippen molar-refractivity contribution in [3.63, 3.8) is 0 Å². The van der Waals surface area contributed by atoms with Crippen LogP contribution in [0.4, 0.5) is 4.39 Å². The Labute approximate surface area is 138 Å². The standard InChI is InChI=1S/C15H19BBrFO4/c1-14(2)15(3,4)22-16(21-14)10(8-12(19)20)9-6-5-7-11(17)13(9)18/h5-7,10H,8H2,1-4H3,(H,19,20). The topological polar surface area (TPSA) is 55.8 Å². The molecule has 2 rings (SSSR count). The van der Waals surface area contributed by atoms with Crippen molar-refractivity contribution >= 4 is 29.0 Å². The van der Waals surface area contributed by atoms with Crippen LogP contribution in [0.1, 0.15) is 45.5 Å². The number of aliphatic carboxylic acids is 1. The minimum atomic E-state index is -1.03. The molecule has 0 spiro atoms. The number of benzene rings is 1. The Bertz CT molecular complexity index is 575. The van der Waals surface area contributed by atoms with Gasteiger partial charge in [0.15, 0.2) is 0 Å². The first-order chi connectivity index (χ1) is 10.0. The van der Waals surface area contributed by atoms with E-state index in [1.807, 2.05) is 27.7 Å².